The Morgan fingerprint density at radius 1 is 0.971 bits per heavy atom. The number of amides is 2. The summed E-state index contributed by atoms with van der Waals surface area (Å²) in [5.41, 5.74) is 3.25. The van der Waals surface area contributed by atoms with Gasteiger partial charge >= 0.3 is 0 Å². The molecule has 0 saturated heterocycles. The van der Waals surface area contributed by atoms with Crippen LogP contribution in [0, 0.1) is 19.7 Å². The number of ether oxygens (including phenoxy) is 1. The number of hydrogen-bond donors (Lipinski definition) is 1. The lowest BCUT2D eigenvalue weighted by atomic mass is 10.0. The van der Waals surface area contributed by atoms with E-state index in [1.54, 1.807) is 18.2 Å². The lowest BCUT2D eigenvalue weighted by Crippen LogP contribution is -2.52. The Kier molecular flexibility index (Phi) is 9.41. The van der Waals surface area contributed by atoms with Crippen molar-refractivity contribution in [1.82, 2.24) is 10.2 Å². The van der Waals surface area contributed by atoms with E-state index in [9.17, 15) is 14.0 Å². The van der Waals surface area contributed by atoms with Gasteiger partial charge in [0.25, 0.3) is 5.91 Å². The van der Waals surface area contributed by atoms with Crippen LogP contribution in [0.2, 0.25) is 0 Å². The van der Waals surface area contributed by atoms with Gasteiger partial charge in [0.15, 0.2) is 6.61 Å². The Morgan fingerprint density at radius 3 is 2.40 bits per heavy atom. The monoisotopic (exact) mass is 476 g/mol. The number of nitrogens with one attached hydrogen (secondary N) is 1. The van der Waals surface area contributed by atoms with Gasteiger partial charge in [0.2, 0.25) is 5.91 Å². The van der Waals surface area contributed by atoms with Crippen LogP contribution in [-0.2, 0) is 22.6 Å². The second kappa shape index (κ2) is 12.7. The first-order valence-electron chi connectivity index (χ1n) is 11.9. The second-order valence-corrected chi connectivity index (χ2v) is 8.60. The van der Waals surface area contributed by atoms with Crippen molar-refractivity contribution in [3.8, 4) is 5.75 Å². The molecule has 0 fully saturated rings. The van der Waals surface area contributed by atoms with Crippen LogP contribution >= 0.6 is 0 Å². The van der Waals surface area contributed by atoms with Crippen molar-refractivity contribution < 1.29 is 18.7 Å². The molecule has 0 spiro atoms. The minimum atomic E-state index is -0.821. The fraction of sp³-hybridized carbons (Fsp3) is 0.310. The molecule has 0 heterocycles. The van der Waals surface area contributed by atoms with E-state index < -0.39 is 11.9 Å². The number of aryl methyl sites for hydroxylation is 1. The number of rotatable bonds is 11. The van der Waals surface area contributed by atoms with Crippen LogP contribution in [-0.4, -0.2) is 35.9 Å². The van der Waals surface area contributed by atoms with E-state index in [0.29, 0.717) is 24.3 Å². The molecule has 1 atom stereocenters. The number of carbonyl (C=O) groups is 2. The van der Waals surface area contributed by atoms with Gasteiger partial charge in [-0.15, -0.1) is 0 Å². The molecule has 0 radical (unpaired) electrons. The molecule has 3 aromatic carbocycles. The van der Waals surface area contributed by atoms with Crippen LogP contribution in [0.5, 0.6) is 5.75 Å². The largest absolute Gasteiger partial charge is 0.483 e. The van der Waals surface area contributed by atoms with Crippen molar-refractivity contribution in [3.05, 3.63) is 101 Å². The normalized spacial score (nSPS) is 11.5. The summed E-state index contributed by atoms with van der Waals surface area (Å²) in [6, 6.07) is 20.7. The molecule has 0 unspecified atom stereocenters. The SMILES string of the molecule is CCCNC(=O)[C@H](Cc1ccccc1)N(Cc1ccccc1F)C(=O)COc1cccc(C)c1C. The minimum Gasteiger partial charge on any atom is -0.483 e. The third-order valence-corrected chi connectivity index (χ3v) is 6.02. The van der Waals surface area contributed by atoms with Crippen LogP contribution in [0.3, 0.4) is 0 Å². The van der Waals surface area contributed by atoms with Gasteiger partial charge in [-0.3, -0.25) is 9.59 Å². The van der Waals surface area contributed by atoms with E-state index in [4.69, 9.17) is 4.74 Å². The topological polar surface area (TPSA) is 58.6 Å². The lowest BCUT2D eigenvalue weighted by Gasteiger charge is -2.31. The molecule has 1 N–H and O–H groups in total. The highest BCUT2D eigenvalue weighted by molar-refractivity contribution is 5.88. The van der Waals surface area contributed by atoms with Gasteiger partial charge in [-0.05, 0) is 49.1 Å². The average molecular weight is 477 g/mol. The molecular weight excluding hydrogens is 443 g/mol. The predicted octanol–water partition coefficient (Wildman–Crippen LogP) is 4.99. The summed E-state index contributed by atoms with van der Waals surface area (Å²) >= 11 is 0. The molecule has 6 heteroatoms. The Hall–Kier alpha value is -3.67. The molecule has 2 amide bonds. The first kappa shape index (κ1) is 25.9. The van der Waals surface area contributed by atoms with Gasteiger partial charge in [0, 0.05) is 25.1 Å². The summed E-state index contributed by atoms with van der Waals surface area (Å²) in [5.74, 6) is -0.471. The highest BCUT2D eigenvalue weighted by Gasteiger charge is 2.31. The minimum absolute atomic E-state index is 0.0429. The molecule has 35 heavy (non-hydrogen) atoms. The van der Waals surface area contributed by atoms with Gasteiger partial charge < -0.3 is 15.0 Å². The molecule has 0 bridgehead atoms. The second-order valence-electron chi connectivity index (χ2n) is 8.60. The molecule has 5 nitrogen and oxygen atoms in total. The van der Waals surface area contributed by atoms with E-state index in [0.717, 1.165) is 23.1 Å². The summed E-state index contributed by atoms with van der Waals surface area (Å²) < 4.78 is 20.5. The van der Waals surface area contributed by atoms with E-state index in [-0.39, 0.29) is 25.0 Å². The highest BCUT2D eigenvalue weighted by atomic mass is 19.1. The molecule has 0 saturated carbocycles. The van der Waals surface area contributed by atoms with Crippen molar-refractivity contribution in [2.45, 2.75) is 46.2 Å². The third-order valence-electron chi connectivity index (χ3n) is 6.02. The Balaban J connectivity index is 1.92. The molecule has 0 aromatic heterocycles. The standard InChI is InChI=1S/C29H33FN2O3/c1-4-17-31-29(34)26(18-23-12-6-5-7-13-23)32(19-24-14-8-9-15-25(24)30)28(33)20-35-27-16-10-11-21(2)22(27)3/h5-16,26H,4,17-20H2,1-3H3,(H,31,34)/t26-/m0/s1. The lowest BCUT2D eigenvalue weighted by molar-refractivity contribution is -0.142. The maximum Gasteiger partial charge on any atom is 0.261 e. The zero-order valence-corrected chi connectivity index (χ0v) is 20.6. The first-order chi connectivity index (χ1) is 16.9. The molecule has 184 valence electrons. The number of nitrogens with zero attached hydrogens (tertiary/aromatic N) is 1. The third kappa shape index (κ3) is 7.15. The fourth-order valence-corrected chi connectivity index (χ4v) is 3.83. The first-order valence-corrected chi connectivity index (χ1v) is 11.9. The fourth-order valence-electron chi connectivity index (χ4n) is 3.83. The van der Waals surface area contributed by atoms with Gasteiger partial charge in [0.1, 0.15) is 17.6 Å². The number of halogens is 1. The van der Waals surface area contributed by atoms with Gasteiger partial charge in [-0.1, -0.05) is 67.6 Å². The van der Waals surface area contributed by atoms with Crippen molar-refractivity contribution >= 4 is 11.8 Å². The quantitative estimate of drug-likeness (QED) is 0.424. The van der Waals surface area contributed by atoms with Gasteiger partial charge in [-0.2, -0.15) is 0 Å². The smallest absolute Gasteiger partial charge is 0.261 e. The van der Waals surface area contributed by atoms with E-state index in [1.165, 1.54) is 11.0 Å². The van der Waals surface area contributed by atoms with Crippen molar-refractivity contribution in [3.63, 3.8) is 0 Å². The van der Waals surface area contributed by atoms with E-state index in [1.807, 2.05) is 69.3 Å². The summed E-state index contributed by atoms with van der Waals surface area (Å²) in [6.45, 7) is 6.06. The molecule has 0 aliphatic carbocycles. The zero-order valence-electron chi connectivity index (χ0n) is 20.6. The Labute approximate surface area is 206 Å². The highest BCUT2D eigenvalue weighted by Crippen LogP contribution is 2.22. The summed E-state index contributed by atoms with van der Waals surface area (Å²) in [6.07, 6.45) is 1.07. The average Bonchev–Trinajstić information content (AvgIpc) is 2.87. The summed E-state index contributed by atoms with van der Waals surface area (Å²) in [4.78, 5) is 28.2. The molecule has 3 aromatic rings. The maximum atomic E-state index is 14.6. The summed E-state index contributed by atoms with van der Waals surface area (Å²) in [7, 11) is 0. The predicted molar refractivity (Wildman–Crippen MR) is 136 cm³/mol. The van der Waals surface area contributed by atoms with Gasteiger partial charge in [0.05, 0.1) is 0 Å². The van der Waals surface area contributed by atoms with Crippen LogP contribution in [0.15, 0.2) is 72.8 Å². The van der Waals surface area contributed by atoms with Crippen molar-refractivity contribution in [1.29, 1.82) is 0 Å². The molecule has 3 rings (SSSR count). The van der Waals surface area contributed by atoms with Crippen LogP contribution in [0.4, 0.5) is 4.39 Å². The molecule has 0 aliphatic heterocycles. The molecular formula is C29H33FN2O3. The Morgan fingerprint density at radius 2 is 1.69 bits per heavy atom. The van der Waals surface area contributed by atoms with Crippen LogP contribution in [0.1, 0.15) is 35.6 Å². The van der Waals surface area contributed by atoms with Gasteiger partial charge in [-0.25, -0.2) is 4.39 Å². The van der Waals surface area contributed by atoms with Crippen LogP contribution in [0.25, 0.3) is 0 Å². The zero-order chi connectivity index (χ0) is 25.2. The van der Waals surface area contributed by atoms with Crippen LogP contribution < -0.4 is 10.1 Å². The van der Waals surface area contributed by atoms with E-state index >= 15 is 0 Å². The number of carbonyl (C=O) groups excluding carboxylic acids is 2. The maximum absolute atomic E-state index is 14.6. The summed E-state index contributed by atoms with van der Waals surface area (Å²) in [5, 5.41) is 2.91. The Bertz CT molecular complexity index is 1130. The number of benzene rings is 3. The molecule has 0 aliphatic rings. The van der Waals surface area contributed by atoms with Crippen molar-refractivity contribution in [2.75, 3.05) is 13.2 Å². The number of hydrogen-bond acceptors (Lipinski definition) is 3. The van der Waals surface area contributed by atoms with Crippen molar-refractivity contribution in [2.24, 2.45) is 0 Å². The van der Waals surface area contributed by atoms with E-state index in [2.05, 4.69) is 5.32 Å².